The predicted octanol–water partition coefficient (Wildman–Crippen LogP) is 10.1. The van der Waals surface area contributed by atoms with Crippen LogP contribution in [0.25, 0.3) is 54.6 Å². The zero-order valence-corrected chi connectivity index (χ0v) is 24.3. The lowest BCUT2D eigenvalue weighted by Gasteiger charge is -2.25. The van der Waals surface area contributed by atoms with Gasteiger partial charge in [0.15, 0.2) is 5.84 Å². The molecule has 0 fully saturated rings. The molecule has 0 saturated heterocycles. The smallest absolute Gasteiger partial charge is 0.160 e. The second-order valence-corrected chi connectivity index (χ2v) is 11.4. The predicted molar refractivity (Wildman–Crippen MR) is 186 cm³/mol. The van der Waals surface area contributed by atoms with Crippen molar-refractivity contribution in [1.29, 1.82) is 0 Å². The van der Waals surface area contributed by atoms with Crippen molar-refractivity contribution in [3.63, 3.8) is 0 Å². The van der Waals surface area contributed by atoms with Gasteiger partial charge in [0, 0.05) is 33.0 Å². The molecule has 1 unspecified atom stereocenters. The molecule has 7 aromatic carbocycles. The molecule has 2 heterocycles. The van der Waals surface area contributed by atoms with Crippen molar-refractivity contribution in [3.05, 3.63) is 168 Å². The highest BCUT2D eigenvalue weighted by Crippen LogP contribution is 2.39. The summed E-state index contributed by atoms with van der Waals surface area (Å²) in [6, 6.07) is 52.6. The van der Waals surface area contributed by atoms with E-state index in [4.69, 9.17) is 14.4 Å². The zero-order chi connectivity index (χ0) is 29.7. The Kier molecular flexibility index (Phi) is 5.85. The lowest BCUT2D eigenvalue weighted by molar-refractivity contribution is 0.669. The number of rotatable bonds is 4. The monoisotopic (exact) mass is 577 g/mol. The molecular formula is C41H27N3O. The molecule has 1 aliphatic heterocycles. The Labute approximate surface area is 260 Å². The largest absolute Gasteiger partial charge is 0.455 e. The van der Waals surface area contributed by atoms with E-state index in [-0.39, 0.29) is 6.17 Å². The van der Waals surface area contributed by atoms with Crippen LogP contribution >= 0.6 is 0 Å². The number of hydrogen-bond acceptors (Lipinski definition) is 4. The number of nitrogens with zero attached hydrogens (tertiary/aromatic N) is 2. The number of benzene rings is 7. The van der Waals surface area contributed by atoms with Crippen molar-refractivity contribution in [2.45, 2.75) is 6.17 Å². The molecule has 8 aromatic rings. The standard InChI is InChI=1S/C41H27N3O/c1-3-13-26(14-4-1)30-21-11-22-33-37-34(23-12-24-36(37)45-38(30)33)40-42-39(27-15-5-2-6-16-27)43-41(44-40)35-25-28-17-7-8-18-29(28)31-19-9-10-20-32(31)35/h1-25,41H,(H,42,43,44). The van der Waals surface area contributed by atoms with E-state index < -0.39 is 0 Å². The van der Waals surface area contributed by atoms with Gasteiger partial charge in [-0.05, 0) is 39.2 Å². The third-order valence-electron chi connectivity index (χ3n) is 8.73. The minimum atomic E-state index is -0.351. The molecule has 4 nitrogen and oxygen atoms in total. The first-order valence-corrected chi connectivity index (χ1v) is 15.2. The van der Waals surface area contributed by atoms with E-state index in [2.05, 4.69) is 121 Å². The maximum absolute atomic E-state index is 6.58. The van der Waals surface area contributed by atoms with Gasteiger partial charge in [0.05, 0.1) is 0 Å². The molecule has 212 valence electrons. The SMILES string of the molecule is c1ccc(C2=NC(c3cccc4oc5c(-c6ccccc6)cccc5c34)=NC(c3cc4ccccc4c4ccccc34)N2)cc1. The van der Waals surface area contributed by atoms with Crippen LogP contribution < -0.4 is 5.32 Å². The molecule has 45 heavy (non-hydrogen) atoms. The summed E-state index contributed by atoms with van der Waals surface area (Å²) in [5, 5.41) is 10.6. The Bertz CT molecular complexity index is 2460. The summed E-state index contributed by atoms with van der Waals surface area (Å²) in [5.41, 5.74) is 6.94. The van der Waals surface area contributed by atoms with Crippen LogP contribution in [-0.2, 0) is 0 Å². The van der Waals surface area contributed by atoms with Gasteiger partial charge >= 0.3 is 0 Å². The van der Waals surface area contributed by atoms with Gasteiger partial charge in [-0.25, -0.2) is 9.98 Å². The minimum absolute atomic E-state index is 0.351. The summed E-state index contributed by atoms with van der Waals surface area (Å²) in [6.07, 6.45) is -0.351. The highest BCUT2D eigenvalue weighted by molar-refractivity contribution is 6.23. The fourth-order valence-electron chi connectivity index (χ4n) is 6.66. The fourth-order valence-corrected chi connectivity index (χ4v) is 6.66. The van der Waals surface area contributed by atoms with Gasteiger partial charge in [-0.3, -0.25) is 0 Å². The van der Waals surface area contributed by atoms with Crippen LogP contribution in [0.3, 0.4) is 0 Å². The number of fused-ring (bicyclic) bond motifs is 6. The van der Waals surface area contributed by atoms with E-state index in [9.17, 15) is 0 Å². The van der Waals surface area contributed by atoms with E-state index >= 15 is 0 Å². The van der Waals surface area contributed by atoms with E-state index in [0.29, 0.717) is 5.84 Å². The maximum Gasteiger partial charge on any atom is 0.160 e. The van der Waals surface area contributed by atoms with Gasteiger partial charge in [-0.15, -0.1) is 0 Å². The van der Waals surface area contributed by atoms with Crippen LogP contribution in [0.2, 0.25) is 0 Å². The van der Waals surface area contributed by atoms with Crippen molar-refractivity contribution < 1.29 is 4.42 Å². The topological polar surface area (TPSA) is 49.9 Å². The van der Waals surface area contributed by atoms with Gasteiger partial charge < -0.3 is 9.73 Å². The molecule has 1 aliphatic rings. The molecule has 1 aromatic heterocycles. The lowest BCUT2D eigenvalue weighted by Crippen LogP contribution is -2.33. The van der Waals surface area contributed by atoms with Crippen LogP contribution in [0.15, 0.2) is 166 Å². The van der Waals surface area contributed by atoms with Crippen molar-refractivity contribution >= 4 is 55.2 Å². The minimum Gasteiger partial charge on any atom is -0.455 e. The second kappa shape index (κ2) is 10.3. The van der Waals surface area contributed by atoms with Crippen molar-refractivity contribution in [2.75, 3.05) is 0 Å². The molecule has 0 spiro atoms. The van der Waals surface area contributed by atoms with Gasteiger partial charge in [0.2, 0.25) is 0 Å². The van der Waals surface area contributed by atoms with Gasteiger partial charge in [-0.2, -0.15) is 0 Å². The lowest BCUT2D eigenvalue weighted by atomic mass is 9.95. The first-order valence-electron chi connectivity index (χ1n) is 15.2. The Morgan fingerprint density at radius 3 is 2.00 bits per heavy atom. The number of nitrogens with one attached hydrogen (secondary N) is 1. The number of furan rings is 1. The van der Waals surface area contributed by atoms with Gasteiger partial charge in [-0.1, -0.05) is 140 Å². The Balaban J connectivity index is 1.29. The molecule has 1 N–H and O–H groups in total. The fraction of sp³-hybridized carbons (Fsp3) is 0.0244. The van der Waals surface area contributed by atoms with Crippen LogP contribution in [0.4, 0.5) is 0 Å². The van der Waals surface area contributed by atoms with Crippen LogP contribution in [0.5, 0.6) is 0 Å². The quantitative estimate of drug-likeness (QED) is 0.212. The summed E-state index contributed by atoms with van der Waals surface area (Å²) < 4.78 is 6.58. The Morgan fingerprint density at radius 2 is 1.18 bits per heavy atom. The van der Waals surface area contributed by atoms with Crippen molar-refractivity contribution in [3.8, 4) is 11.1 Å². The average Bonchev–Trinajstić information content (AvgIpc) is 3.51. The third kappa shape index (κ3) is 4.22. The number of para-hydroxylation sites is 1. The van der Waals surface area contributed by atoms with E-state index in [1.165, 1.54) is 21.5 Å². The first kappa shape index (κ1) is 25.5. The van der Waals surface area contributed by atoms with Crippen molar-refractivity contribution in [2.24, 2.45) is 9.98 Å². The molecule has 0 amide bonds. The van der Waals surface area contributed by atoms with Crippen LogP contribution in [0.1, 0.15) is 22.9 Å². The zero-order valence-electron chi connectivity index (χ0n) is 24.3. The van der Waals surface area contributed by atoms with Gasteiger partial charge in [0.25, 0.3) is 0 Å². The molecule has 4 heteroatoms. The number of aliphatic imine (C=N–C) groups is 2. The summed E-state index contributed by atoms with van der Waals surface area (Å²) >= 11 is 0. The van der Waals surface area contributed by atoms with Crippen molar-refractivity contribution in [1.82, 2.24) is 5.32 Å². The molecule has 9 rings (SSSR count). The molecular weight excluding hydrogens is 550 g/mol. The Hall–Kier alpha value is -6.00. The van der Waals surface area contributed by atoms with Crippen LogP contribution in [0, 0.1) is 0 Å². The van der Waals surface area contributed by atoms with Gasteiger partial charge in [0.1, 0.15) is 23.2 Å². The number of amidine groups is 2. The summed E-state index contributed by atoms with van der Waals surface area (Å²) in [4.78, 5) is 10.5. The van der Waals surface area contributed by atoms with E-state index in [0.717, 1.165) is 55.6 Å². The van der Waals surface area contributed by atoms with E-state index in [1.54, 1.807) is 0 Å². The average molecular weight is 578 g/mol. The first-order chi connectivity index (χ1) is 22.3. The highest BCUT2D eigenvalue weighted by Gasteiger charge is 2.25. The van der Waals surface area contributed by atoms with Crippen LogP contribution in [-0.4, -0.2) is 11.7 Å². The molecule has 0 radical (unpaired) electrons. The highest BCUT2D eigenvalue weighted by atomic mass is 16.3. The molecule has 1 atom stereocenters. The second-order valence-electron chi connectivity index (χ2n) is 11.4. The van der Waals surface area contributed by atoms with E-state index in [1.807, 2.05) is 36.4 Å². The molecule has 0 saturated carbocycles. The molecule has 0 aliphatic carbocycles. The summed E-state index contributed by atoms with van der Waals surface area (Å²) in [7, 11) is 0. The number of hydrogen-bond donors (Lipinski definition) is 1. The normalized spacial score (nSPS) is 14.9. The maximum atomic E-state index is 6.58. The Morgan fingerprint density at radius 1 is 0.533 bits per heavy atom. The summed E-state index contributed by atoms with van der Waals surface area (Å²) in [6.45, 7) is 0. The molecule has 0 bridgehead atoms. The third-order valence-corrected chi connectivity index (χ3v) is 8.73. The summed E-state index contributed by atoms with van der Waals surface area (Å²) in [5.74, 6) is 1.46.